The van der Waals surface area contributed by atoms with Crippen LogP contribution in [0.4, 0.5) is 0 Å². The van der Waals surface area contributed by atoms with Gasteiger partial charge < -0.3 is 5.32 Å². The van der Waals surface area contributed by atoms with Gasteiger partial charge in [-0.25, -0.2) is 0 Å². The van der Waals surface area contributed by atoms with E-state index in [9.17, 15) is 0 Å². The highest BCUT2D eigenvalue weighted by atomic mass is 15.0. The molecule has 0 aromatic heterocycles. The van der Waals surface area contributed by atoms with Gasteiger partial charge in [0.1, 0.15) is 0 Å². The van der Waals surface area contributed by atoms with E-state index in [-0.39, 0.29) is 0 Å². The Balaban J connectivity index is 1.72. The van der Waals surface area contributed by atoms with Gasteiger partial charge in [-0.1, -0.05) is 30.7 Å². The Labute approximate surface area is 132 Å². The Morgan fingerprint density at radius 3 is 2.55 bits per heavy atom. The summed E-state index contributed by atoms with van der Waals surface area (Å²) in [5, 5.41) is 3.90. The molecule has 1 saturated carbocycles. The molecular weight excluding hydrogens is 266 g/mol. The van der Waals surface area contributed by atoms with Crippen molar-refractivity contribution in [1.29, 1.82) is 0 Å². The van der Waals surface area contributed by atoms with Crippen molar-refractivity contribution in [1.82, 2.24) is 5.32 Å². The van der Waals surface area contributed by atoms with Crippen molar-refractivity contribution in [2.45, 2.75) is 55.8 Å². The standard InChI is InChI=1S/C21H23N/c1-6-20-11-10-18(20)8-4-14-2-3-15-5-9-19(17(15)16(14)18)12-22-13-21(19,20)7-1/h2-3,10-11,22H,1,4-9,12-13H2/t18-,19+,20?,21?/m0/s1. The van der Waals surface area contributed by atoms with Gasteiger partial charge in [-0.2, -0.15) is 0 Å². The van der Waals surface area contributed by atoms with Crippen LogP contribution >= 0.6 is 0 Å². The summed E-state index contributed by atoms with van der Waals surface area (Å²) in [7, 11) is 0. The lowest BCUT2D eigenvalue weighted by Gasteiger charge is -2.67. The average molecular weight is 289 g/mol. The summed E-state index contributed by atoms with van der Waals surface area (Å²) in [4.78, 5) is 0. The van der Waals surface area contributed by atoms with Gasteiger partial charge in [0.15, 0.2) is 0 Å². The molecule has 4 atom stereocenters. The van der Waals surface area contributed by atoms with E-state index in [4.69, 9.17) is 0 Å². The van der Waals surface area contributed by atoms with Crippen LogP contribution in [0.2, 0.25) is 0 Å². The Hall–Kier alpha value is -1.08. The molecule has 1 heterocycles. The van der Waals surface area contributed by atoms with Gasteiger partial charge in [-0.3, -0.25) is 0 Å². The maximum Gasteiger partial charge on any atom is 0.0238 e. The molecule has 6 aliphatic rings. The molecule has 1 heteroatoms. The molecule has 1 aromatic carbocycles. The molecule has 0 bridgehead atoms. The van der Waals surface area contributed by atoms with E-state index in [0.717, 1.165) is 0 Å². The third-order valence-corrected chi connectivity index (χ3v) is 9.16. The maximum absolute atomic E-state index is 3.90. The van der Waals surface area contributed by atoms with Gasteiger partial charge in [0.05, 0.1) is 0 Å². The Bertz CT molecular complexity index is 787. The largest absolute Gasteiger partial charge is 0.315 e. The summed E-state index contributed by atoms with van der Waals surface area (Å²) < 4.78 is 0. The third-order valence-electron chi connectivity index (χ3n) is 9.16. The van der Waals surface area contributed by atoms with E-state index < -0.39 is 0 Å². The van der Waals surface area contributed by atoms with Gasteiger partial charge in [-0.05, 0) is 60.8 Å². The molecule has 112 valence electrons. The zero-order valence-corrected chi connectivity index (χ0v) is 13.2. The van der Waals surface area contributed by atoms with Gasteiger partial charge in [0, 0.05) is 34.7 Å². The molecule has 0 radical (unpaired) electrons. The van der Waals surface area contributed by atoms with Crippen LogP contribution in [0, 0.1) is 10.8 Å². The zero-order chi connectivity index (χ0) is 14.2. The minimum atomic E-state index is 0.435. The first-order valence-electron chi connectivity index (χ1n) is 9.36. The lowest BCUT2D eigenvalue weighted by atomic mass is 9.35. The minimum absolute atomic E-state index is 0.435. The molecule has 1 aromatic rings. The fourth-order valence-electron chi connectivity index (χ4n) is 8.61. The van der Waals surface area contributed by atoms with Crippen LogP contribution in [-0.2, 0) is 23.7 Å². The lowest BCUT2D eigenvalue weighted by molar-refractivity contribution is -0.0278. The molecule has 2 unspecified atom stereocenters. The number of hydrogen-bond donors (Lipinski definition) is 1. The van der Waals surface area contributed by atoms with Crippen molar-refractivity contribution in [2.24, 2.45) is 10.8 Å². The number of nitrogens with one attached hydrogen (secondary N) is 1. The maximum atomic E-state index is 3.90. The van der Waals surface area contributed by atoms with Gasteiger partial charge >= 0.3 is 0 Å². The number of rotatable bonds is 0. The van der Waals surface area contributed by atoms with Gasteiger partial charge in [0.2, 0.25) is 0 Å². The Kier molecular flexibility index (Phi) is 1.55. The predicted octanol–water partition coefficient (Wildman–Crippen LogP) is 3.40. The normalized spacial score (nSPS) is 51.3. The quantitative estimate of drug-likeness (QED) is 0.722. The fourth-order valence-corrected chi connectivity index (χ4v) is 8.61. The van der Waals surface area contributed by atoms with Crippen molar-refractivity contribution in [3.8, 4) is 0 Å². The van der Waals surface area contributed by atoms with Crippen LogP contribution in [0.15, 0.2) is 24.3 Å². The Morgan fingerprint density at radius 2 is 1.68 bits per heavy atom. The first kappa shape index (κ1) is 11.5. The number of benzene rings is 1. The summed E-state index contributed by atoms with van der Waals surface area (Å²) in [6.45, 7) is 2.53. The van der Waals surface area contributed by atoms with Gasteiger partial charge in [-0.15, -0.1) is 0 Å². The van der Waals surface area contributed by atoms with Crippen molar-refractivity contribution < 1.29 is 0 Å². The molecule has 22 heavy (non-hydrogen) atoms. The monoisotopic (exact) mass is 289 g/mol. The highest BCUT2D eigenvalue weighted by Gasteiger charge is 2.79. The summed E-state index contributed by atoms with van der Waals surface area (Å²) in [5.41, 5.74) is 9.06. The smallest absolute Gasteiger partial charge is 0.0238 e. The SMILES string of the molecule is C1=C[C@@]23CCc4ccc5c(c42)[C@@]2(CC5)CNCC24CCCC143. The second-order valence-corrected chi connectivity index (χ2v) is 9.03. The summed E-state index contributed by atoms with van der Waals surface area (Å²) in [6.07, 6.45) is 15.2. The molecule has 1 nitrogen and oxygen atoms in total. The molecule has 1 saturated heterocycles. The number of aryl methyl sites for hydroxylation is 2. The molecule has 7 rings (SSSR count). The molecule has 5 aliphatic carbocycles. The third kappa shape index (κ3) is 0.751. The summed E-state index contributed by atoms with van der Waals surface area (Å²) >= 11 is 0. The van der Waals surface area contributed by atoms with Crippen LogP contribution in [0.25, 0.3) is 0 Å². The fraction of sp³-hybridized carbons (Fsp3) is 0.619. The van der Waals surface area contributed by atoms with Crippen LogP contribution in [-0.4, -0.2) is 13.1 Å². The Morgan fingerprint density at radius 1 is 0.818 bits per heavy atom. The molecule has 4 spiro atoms. The van der Waals surface area contributed by atoms with E-state index in [1.54, 1.807) is 11.1 Å². The van der Waals surface area contributed by atoms with Crippen molar-refractivity contribution >= 4 is 0 Å². The molecule has 1 aliphatic heterocycles. The topological polar surface area (TPSA) is 12.0 Å². The summed E-state index contributed by atoms with van der Waals surface area (Å²) in [6, 6.07) is 4.99. The van der Waals surface area contributed by atoms with E-state index in [2.05, 4.69) is 29.6 Å². The van der Waals surface area contributed by atoms with Gasteiger partial charge in [0.25, 0.3) is 0 Å². The van der Waals surface area contributed by atoms with E-state index >= 15 is 0 Å². The highest BCUT2D eigenvalue weighted by molar-refractivity contribution is 5.67. The van der Waals surface area contributed by atoms with Crippen molar-refractivity contribution in [3.05, 3.63) is 46.5 Å². The number of hydrogen-bond acceptors (Lipinski definition) is 1. The highest BCUT2D eigenvalue weighted by Crippen LogP contribution is 2.82. The van der Waals surface area contributed by atoms with Crippen molar-refractivity contribution in [3.63, 3.8) is 0 Å². The summed E-state index contributed by atoms with van der Waals surface area (Å²) in [5.74, 6) is 0. The minimum Gasteiger partial charge on any atom is -0.315 e. The van der Waals surface area contributed by atoms with Crippen LogP contribution in [0.3, 0.4) is 0 Å². The van der Waals surface area contributed by atoms with E-state index in [0.29, 0.717) is 21.7 Å². The average Bonchev–Trinajstić information content (AvgIpc) is 3.25. The second kappa shape index (κ2) is 2.98. The van der Waals surface area contributed by atoms with Crippen LogP contribution in [0.1, 0.15) is 54.4 Å². The van der Waals surface area contributed by atoms with Crippen LogP contribution < -0.4 is 5.32 Å². The molecule has 0 amide bonds. The lowest BCUT2D eigenvalue weighted by Crippen LogP contribution is -2.66. The zero-order valence-electron chi connectivity index (χ0n) is 13.2. The molecular formula is C21H23N. The second-order valence-electron chi connectivity index (χ2n) is 9.03. The molecule has 1 N–H and O–H groups in total. The molecule has 2 fully saturated rings. The predicted molar refractivity (Wildman–Crippen MR) is 87.2 cm³/mol. The number of allylic oxidation sites excluding steroid dienone is 2. The van der Waals surface area contributed by atoms with E-state index in [1.165, 1.54) is 58.0 Å². The first-order valence-corrected chi connectivity index (χ1v) is 9.36. The van der Waals surface area contributed by atoms with E-state index in [1.807, 2.05) is 11.1 Å². The van der Waals surface area contributed by atoms with Crippen LogP contribution in [0.5, 0.6) is 0 Å². The first-order chi connectivity index (χ1) is 10.8. The van der Waals surface area contributed by atoms with Crippen molar-refractivity contribution in [2.75, 3.05) is 13.1 Å².